The van der Waals surface area contributed by atoms with Gasteiger partial charge >= 0.3 is 58.4 Å². The average molecular weight is 355 g/mol. The van der Waals surface area contributed by atoms with E-state index in [9.17, 15) is 12.9 Å². The molecule has 1 unspecified atom stereocenters. The van der Waals surface area contributed by atoms with Crippen LogP contribution in [0.3, 0.4) is 0 Å². The van der Waals surface area contributed by atoms with E-state index in [2.05, 4.69) is 18.7 Å². The molecule has 0 aliphatic carbocycles. The van der Waals surface area contributed by atoms with Crippen LogP contribution in [0.4, 0.5) is 12.9 Å². The third-order valence-electron chi connectivity index (χ3n) is 3.84. The van der Waals surface area contributed by atoms with Crippen molar-refractivity contribution in [2.24, 2.45) is 0 Å². The van der Waals surface area contributed by atoms with Gasteiger partial charge in [0.05, 0.1) is 12.4 Å². The molecule has 0 saturated carbocycles. The van der Waals surface area contributed by atoms with Crippen LogP contribution in [0.1, 0.15) is 19.4 Å². The summed E-state index contributed by atoms with van der Waals surface area (Å²) in [6.45, 7) is 2.96. The predicted molar refractivity (Wildman–Crippen MR) is 81.8 cm³/mol. The Morgan fingerprint density at radius 2 is 2.04 bits per heavy atom. The molecule has 1 atom stereocenters. The second-order valence-electron chi connectivity index (χ2n) is 6.01. The summed E-state index contributed by atoms with van der Waals surface area (Å²) in [6, 6.07) is 4.54. The van der Waals surface area contributed by atoms with Crippen LogP contribution < -0.4 is 61.6 Å². The average Bonchev–Trinajstić information content (AvgIpc) is 2.45. The van der Waals surface area contributed by atoms with Crippen molar-refractivity contribution < 1.29 is 73.8 Å². The third kappa shape index (κ3) is 6.34. The Labute approximate surface area is 178 Å². The minimum Gasteiger partial charge on any atom is -0.494 e. The van der Waals surface area contributed by atoms with Crippen LogP contribution in [0.2, 0.25) is 0 Å². The van der Waals surface area contributed by atoms with E-state index in [-0.39, 0.29) is 69.8 Å². The fraction of sp³-hybridized carbons (Fsp3) is 0.600. The van der Waals surface area contributed by atoms with E-state index in [1.165, 1.54) is 6.07 Å². The van der Waals surface area contributed by atoms with Crippen molar-refractivity contribution in [1.29, 1.82) is 0 Å². The first-order valence-electron chi connectivity index (χ1n) is 7.56. The van der Waals surface area contributed by atoms with Gasteiger partial charge in [-0.25, -0.2) is 0 Å². The molecule has 1 aromatic rings. The van der Waals surface area contributed by atoms with Crippen molar-refractivity contribution in [3.8, 4) is 5.75 Å². The first-order valence-corrected chi connectivity index (χ1v) is 7.56. The van der Waals surface area contributed by atoms with Crippen molar-refractivity contribution in [2.75, 3.05) is 26.3 Å². The normalized spacial score (nSPS) is 19.5. The van der Waals surface area contributed by atoms with Crippen LogP contribution in [0.15, 0.2) is 18.2 Å². The zero-order valence-electron chi connectivity index (χ0n) is 14.2. The molecule has 1 saturated heterocycles. The van der Waals surface area contributed by atoms with Crippen molar-refractivity contribution in [3.05, 3.63) is 23.8 Å². The maximum Gasteiger partial charge on any atom is 1.00 e. The van der Waals surface area contributed by atoms with Crippen molar-refractivity contribution in [3.63, 3.8) is 0 Å². The minimum atomic E-state index is -5.09. The monoisotopic (exact) mass is 355 g/mol. The molecule has 8 heteroatoms. The Kier molecular flexibility index (Phi) is 8.61. The maximum absolute atomic E-state index is 13.1. The standard InChI is InChI=1S/C15H22BF3NO2.K/c1-11(2)20-6-7-21-13(9-20)10-22-15-5-4-12(3)8-14(15)16(17,18)19;/h4-5,8,11,13H,6-7,9-10H2,1-3H3;/q-1;+1. The Morgan fingerprint density at radius 1 is 1.35 bits per heavy atom. The van der Waals surface area contributed by atoms with Crippen molar-refractivity contribution >= 4 is 12.4 Å². The number of halogens is 3. The summed E-state index contributed by atoms with van der Waals surface area (Å²) in [4.78, 5) is 2.24. The molecule has 124 valence electrons. The molecule has 1 aliphatic rings. The Hall–Kier alpha value is 0.431. The van der Waals surface area contributed by atoms with Crippen LogP contribution in [0.5, 0.6) is 5.75 Å². The van der Waals surface area contributed by atoms with Gasteiger partial charge in [0, 0.05) is 19.1 Å². The first kappa shape index (κ1) is 21.5. The van der Waals surface area contributed by atoms with Crippen LogP contribution in [0, 0.1) is 6.92 Å². The van der Waals surface area contributed by atoms with Crippen LogP contribution in [-0.2, 0) is 4.74 Å². The molecule has 1 fully saturated rings. The molecule has 1 aromatic carbocycles. The number of hydrogen-bond acceptors (Lipinski definition) is 3. The second kappa shape index (κ2) is 9.22. The molecule has 3 nitrogen and oxygen atoms in total. The SMILES string of the molecule is Cc1ccc(OCC2CN(C(C)C)CCO2)c([B-](F)(F)F)c1.[K+]. The van der Waals surface area contributed by atoms with E-state index >= 15 is 0 Å². The van der Waals surface area contributed by atoms with E-state index in [1.54, 1.807) is 13.0 Å². The van der Waals surface area contributed by atoms with Gasteiger partial charge in [0.15, 0.2) is 0 Å². The van der Waals surface area contributed by atoms with Crippen LogP contribution in [0.25, 0.3) is 0 Å². The van der Waals surface area contributed by atoms with Crippen molar-refractivity contribution in [2.45, 2.75) is 32.9 Å². The zero-order chi connectivity index (χ0) is 16.3. The van der Waals surface area contributed by atoms with Crippen LogP contribution in [-0.4, -0.2) is 50.3 Å². The van der Waals surface area contributed by atoms with E-state index in [4.69, 9.17) is 9.47 Å². The summed E-state index contributed by atoms with van der Waals surface area (Å²) in [7, 11) is 0. The van der Waals surface area contributed by atoms with Gasteiger partial charge in [-0.2, -0.15) is 0 Å². The molecule has 0 N–H and O–H groups in total. The fourth-order valence-corrected chi connectivity index (χ4v) is 2.55. The first-order chi connectivity index (χ1) is 10.3. The third-order valence-corrected chi connectivity index (χ3v) is 3.84. The molecular weight excluding hydrogens is 333 g/mol. The number of aryl methyl sites for hydroxylation is 1. The van der Waals surface area contributed by atoms with Gasteiger partial charge in [0.25, 0.3) is 0 Å². The van der Waals surface area contributed by atoms with Gasteiger partial charge < -0.3 is 22.4 Å². The predicted octanol–water partition coefficient (Wildman–Crippen LogP) is -0.459. The van der Waals surface area contributed by atoms with E-state index in [0.29, 0.717) is 24.8 Å². The molecule has 1 heterocycles. The van der Waals surface area contributed by atoms with Gasteiger partial charge in [-0.05, 0) is 26.8 Å². The number of ether oxygens (including phenoxy) is 2. The summed E-state index contributed by atoms with van der Waals surface area (Å²) in [5.74, 6) is -0.108. The number of hydrogen-bond donors (Lipinski definition) is 0. The zero-order valence-corrected chi connectivity index (χ0v) is 17.3. The molecule has 1 aliphatic heterocycles. The largest absolute Gasteiger partial charge is 1.00 e. The Balaban J connectivity index is 0.00000264. The Morgan fingerprint density at radius 3 is 2.65 bits per heavy atom. The minimum absolute atomic E-state index is 0. The topological polar surface area (TPSA) is 21.7 Å². The fourth-order valence-electron chi connectivity index (χ4n) is 2.55. The van der Waals surface area contributed by atoms with Gasteiger partial charge in [-0.3, -0.25) is 4.90 Å². The molecule has 23 heavy (non-hydrogen) atoms. The van der Waals surface area contributed by atoms with E-state index in [0.717, 1.165) is 12.6 Å². The summed E-state index contributed by atoms with van der Waals surface area (Å²) in [5, 5.41) is 0. The summed E-state index contributed by atoms with van der Waals surface area (Å²) in [5.41, 5.74) is -0.0991. The molecule has 0 spiro atoms. The quantitative estimate of drug-likeness (QED) is 0.668. The van der Waals surface area contributed by atoms with Crippen molar-refractivity contribution in [1.82, 2.24) is 4.90 Å². The molecule has 0 bridgehead atoms. The second-order valence-corrected chi connectivity index (χ2v) is 6.01. The molecule has 0 radical (unpaired) electrons. The summed E-state index contributed by atoms with van der Waals surface area (Å²) < 4.78 is 50.3. The van der Waals surface area contributed by atoms with Gasteiger partial charge in [-0.15, -0.1) is 0 Å². The van der Waals surface area contributed by atoms with E-state index < -0.39 is 12.4 Å². The van der Waals surface area contributed by atoms with Gasteiger partial charge in [0.2, 0.25) is 0 Å². The molecule has 2 rings (SSSR count). The van der Waals surface area contributed by atoms with E-state index in [1.807, 2.05) is 0 Å². The maximum atomic E-state index is 13.1. The molecular formula is C15H22BF3KNO2. The smallest absolute Gasteiger partial charge is 0.494 e. The van der Waals surface area contributed by atoms with Gasteiger partial charge in [0.1, 0.15) is 12.7 Å². The molecule has 0 amide bonds. The summed E-state index contributed by atoms with van der Waals surface area (Å²) in [6.07, 6.45) is -0.203. The van der Waals surface area contributed by atoms with Gasteiger partial charge in [-0.1, -0.05) is 23.2 Å². The number of rotatable bonds is 5. The van der Waals surface area contributed by atoms with Crippen LogP contribution >= 0.6 is 0 Å². The number of nitrogens with zero attached hydrogens (tertiary/aromatic N) is 1. The number of benzene rings is 1. The number of morpholine rings is 1. The molecule has 0 aromatic heterocycles. The Bertz CT molecular complexity index is 514. The summed E-state index contributed by atoms with van der Waals surface area (Å²) >= 11 is 0.